The predicted octanol–water partition coefficient (Wildman–Crippen LogP) is 4.06. The first-order valence-corrected chi connectivity index (χ1v) is 10.9. The zero-order chi connectivity index (χ0) is 21.3. The van der Waals surface area contributed by atoms with Gasteiger partial charge in [0.2, 0.25) is 4.96 Å². The summed E-state index contributed by atoms with van der Waals surface area (Å²) in [5, 5.41) is 4.52. The summed E-state index contributed by atoms with van der Waals surface area (Å²) in [4.78, 5) is 18.1. The predicted molar refractivity (Wildman–Crippen MR) is 121 cm³/mol. The van der Waals surface area contributed by atoms with E-state index >= 15 is 0 Å². The van der Waals surface area contributed by atoms with Gasteiger partial charge in [0.15, 0.2) is 5.82 Å². The fraction of sp³-hybridized carbons (Fsp3) is 0.292. The van der Waals surface area contributed by atoms with Crippen LogP contribution in [-0.4, -0.2) is 21.7 Å². The van der Waals surface area contributed by atoms with E-state index in [-0.39, 0.29) is 11.5 Å². The summed E-state index contributed by atoms with van der Waals surface area (Å²) >= 11 is 1.35. The molecule has 0 amide bonds. The minimum Gasteiger partial charge on any atom is -0.496 e. The van der Waals surface area contributed by atoms with Crippen LogP contribution in [-0.2, 0) is 6.42 Å². The minimum absolute atomic E-state index is 0.0197. The lowest BCUT2D eigenvalue weighted by atomic mass is 9.96. The van der Waals surface area contributed by atoms with Crippen LogP contribution in [0.5, 0.6) is 5.75 Å². The SMILES string of the molecule is COc1ccccc1/C=c1\sc2nc(C(C)c3ccc(CC(C)C)cc3)nn2c1=O. The molecule has 30 heavy (non-hydrogen) atoms. The van der Waals surface area contributed by atoms with Gasteiger partial charge in [-0.2, -0.15) is 4.52 Å². The zero-order valence-corrected chi connectivity index (χ0v) is 18.4. The molecule has 0 fully saturated rings. The number of hydrogen-bond donors (Lipinski definition) is 0. The van der Waals surface area contributed by atoms with Crippen molar-refractivity contribution in [2.45, 2.75) is 33.1 Å². The molecule has 1 atom stereocenters. The summed E-state index contributed by atoms with van der Waals surface area (Å²) in [6, 6.07) is 16.2. The highest BCUT2D eigenvalue weighted by atomic mass is 32.1. The molecule has 0 bridgehead atoms. The number of methoxy groups -OCH3 is 1. The van der Waals surface area contributed by atoms with Crippen molar-refractivity contribution in [3.8, 4) is 5.75 Å². The number of hydrogen-bond acceptors (Lipinski definition) is 5. The van der Waals surface area contributed by atoms with E-state index < -0.39 is 0 Å². The lowest BCUT2D eigenvalue weighted by molar-refractivity contribution is 0.414. The summed E-state index contributed by atoms with van der Waals surface area (Å²) in [5.41, 5.74) is 3.18. The molecule has 4 aromatic rings. The Hall–Kier alpha value is -2.99. The maximum absolute atomic E-state index is 12.9. The Balaban J connectivity index is 1.65. The standard InChI is InChI=1S/C24H25N3O2S/c1-15(2)13-17-9-11-18(12-10-17)16(3)22-25-24-27(26-22)23(28)21(30-24)14-19-7-5-6-8-20(19)29-4/h5-12,14-16H,13H2,1-4H3/b21-14-. The Labute approximate surface area is 179 Å². The van der Waals surface area contributed by atoms with Crippen molar-refractivity contribution in [3.05, 3.63) is 85.9 Å². The molecule has 2 aromatic carbocycles. The zero-order valence-electron chi connectivity index (χ0n) is 17.6. The Kier molecular flexibility index (Phi) is 5.68. The van der Waals surface area contributed by atoms with Gasteiger partial charge in [0.05, 0.1) is 11.6 Å². The number of nitrogens with zero attached hydrogens (tertiary/aromatic N) is 3. The Morgan fingerprint density at radius 1 is 1.10 bits per heavy atom. The molecule has 0 radical (unpaired) electrons. The molecule has 2 heterocycles. The molecule has 0 aliphatic rings. The van der Waals surface area contributed by atoms with E-state index in [0.717, 1.165) is 23.3 Å². The third-order valence-electron chi connectivity index (χ3n) is 5.13. The van der Waals surface area contributed by atoms with Crippen LogP contribution in [0.2, 0.25) is 0 Å². The molecular formula is C24H25N3O2S. The van der Waals surface area contributed by atoms with Crippen LogP contribution in [0, 0.1) is 5.92 Å². The highest BCUT2D eigenvalue weighted by Crippen LogP contribution is 2.23. The Morgan fingerprint density at radius 2 is 1.83 bits per heavy atom. The fourth-order valence-corrected chi connectivity index (χ4v) is 4.43. The summed E-state index contributed by atoms with van der Waals surface area (Å²) in [7, 11) is 1.62. The first-order valence-electron chi connectivity index (χ1n) is 10.1. The van der Waals surface area contributed by atoms with Gasteiger partial charge in [0.25, 0.3) is 5.56 Å². The van der Waals surface area contributed by atoms with Crippen LogP contribution >= 0.6 is 11.3 Å². The van der Waals surface area contributed by atoms with Crippen LogP contribution in [0.4, 0.5) is 0 Å². The first-order chi connectivity index (χ1) is 14.5. The van der Waals surface area contributed by atoms with Gasteiger partial charge >= 0.3 is 0 Å². The molecule has 4 rings (SSSR count). The van der Waals surface area contributed by atoms with Crippen LogP contribution in [0.25, 0.3) is 11.0 Å². The van der Waals surface area contributed by atoms with Crippen LogP contribution in [0.1, 0.15) is 49.2 Å². The molecular weight excluding hydrogens is 394 g/mol. The van der Waals surface area contributed by atoms with E-state index in [1.807, 2.05) is 30.3 Å². The number of fused-ring (bicyclic) bond motifs is 1. The normalized spacial score (nSPS) is 13.3. The lowest BCUT2D eigenvalue weighted by Crippen LogP contribution is -2.24. The van der Waals surface area contributed by atoms with E-state index in [4.69, 9.17) is 4.74 Å². The van der Waals surface area contributed by atoms with E-state index in [1.54, 1.807) is 7.11 Å². The fourth-order valence-electron chi connectivity index (χ4n) is 3.52. The van der Waals surface area contributed by atoms with Gasteiger partial charge in [-0.15, -0.1) is 5.10 Å². The maximum atomic E-state index is 12.9. The van der Waals surface area contributed by atoms with Gasteiger partial charge in [-0.25, -0.2) is 4.98 Å². The number of thiazole rings is 1. The molecule has 0 aliphatic heterocycles. The smallest absolute Gasteiger partial charge is 0.291 e. The van der Waals surface area contributed by atoms with Crippen molar-refractivity contribution < 1.29 is 4.74 Å². The monoisotopic (exact) mass is 419 g/mol. The third-order valence-corrected chi connectivity index (χ3v) is 6.09. The second-order valence-corrected chi connectivity index (χ2v) is 8.89. The minimum atomic E-state index is -0.154. The number of ether oxygens (including phenoxy) is 1. The highest BCUT2D eigenvalue weighted by molar-refractivity contribution is 7.15. The second-order valence-electron chi connectivity index (χ2n) is 7.88. The van der Waals surface area contributed by atoms with E-state index in [0.29, 0.717) is 21.2 Å². The largest absolute Gasteiger partial charge is 0.496 e. The van der Waals surface area contributed by atoms with E-state index in [2.05, 4.69) is 55.1 Å². The molecule has 154 valence electrons. The van der Waals surface area contributed by atoms with E-state index in [1.165, 1.54) is 21.4 Å². The van der Waals surface area contributed by atoms with Gasteiger partial charge < -0.3 is 4.74 Å². The van der Waals surface area contributed by atoms with Gasteiger partial charge in [-0.1, -0.05) is 74.6 Å². The molecule has 2 aromatic heterocycles. The Bertz CT molecular complexity index is 1270. The van der Waals surface area contributed by atoms with Gasteiger partial charge in [-0.3, -0.25) is 4.79 Å². The second kappa shape index (κ2) is 8.40. The summed E-state index contributed by atoms with van der Waals surface area (Å²) in [5.74, 6) is 2.04. The first kappa shape index (κ1) is 20.3. The van der Waals surface area contributed by atoms with E-state index in [9.17, 15) is 4.79 Å². The van der Waals surface area contributed by atoms with Crippen molar-refractivity contribution in [1.29, 1.82) is 0 Å². The third kappa shape index (κ3) is 4.00. The number of benzene rings is 2. The Morgan fingerprint density at radius 3 is 2.50 bits per heavy atom. The average Bonchev–Trinajstić information content (AvgIpc) is 3.28. The van der Waals surface area contributed by atoms with Crippen LogP contribution in [0.15, 0.2) is 53.3 Å². The number of rotatable bonds is 6. The van der Waals surface area contributed by atoms with Crippen molar-refractivity contribution in [3.63, 3.8) is 0 Å². The lowest BCUT2D eigenvalue weighted by Gasteiger charge is -2.10. The van der Waals surface area contributed by atoms with Crippen LogP contribution in [0.3, 0.4) is 0 Å². The number of aromatic nitrogens is 3. The molecule has 0 aliphatic carbocycles. The molecule has 0 saturated carbocycles. The van der Waals surface area contributed by atoms with Gasteiger partial charge in [0.1, 0.15) is 5.75 Å². The maximum Gasteiger partial charge on any atom is 0.291 e. The van der Waals surface area contributed by atoms with Crippen molar-refractivity contribution in [2.24, 2.45) is 5.92 Å². The van der Waals surface area contributed by atoms with Crippen molar-refractivity contribution in [1.82, 2.24) is 14.6 Å². The summed E-state index contributed by atoms with van der Waals surface area (Å²) in [6.07, 6.45) is 2.90. The molecule has 0 spiro atoms. The number of para-hydroxylation sites is 1. The summed E-state index contributed by atoms with van der Waals surface area (Å²) in [6.45, 7) is 6.51. The molecule has 6 heteroatoms. The van der Waals surface area contributed by atoms with Gasteiger partial charge in [0, 0.05) is 11.5 Å². The van der Waals surface area contributed by atoms with Crippen LogP contribution < -0.4 is 14.8 Å². The average molecular weight is 420 g/mol. The molecule has 0 N–H and O–H groups in total. The highest BCUT2D eigenvalue weighted by Gasteiger charge is 2.17. The molecule has 1 unspecified atom stereocenters. The molecule has 0 saturated heterocycles. The van der Waals surface area contributed by atoms with Crippen molar-refractivity contribution in [2.75, 3.05) is 7.11 Å². The quantitative estimate of drug-likeness (QED) is 0.473. The van der Waals surface area contributed by atoms with Crippen molar-refractivity contribution >= 4 is 22.4 Å². The molecule has 5 nitrogen and oxygen atoms in total. The van der Waals surface area contributed by atoms with Gasteiger partial charge in [-0.05, 0) is 35.6 Å². The summed E-state index contributed by atoms with van der Waals surface area (Å²) < 4.78 is 7.37. The topological polar surface area (TPSA) is 56.5 Å².